The van der Waals surface area contributed by atoms with Gasteiger partial charge in [-0.25, -0.2) is 15.0 Å². The zero-order valence-electron chi connectivity index (χ0n) is 36.6. The molecule has 0 spiro atoms. The number of rotatable bonds is 6. The van der Waals surface area contributed by atoms with Crippen molar-refractivity contribution >= 4 is 60.8 Å². The van der Waals surface area contributed by atoms with Crippen molar-refractivity contribution in [2.45, 2.75) is 65.7 Å². The number of aryl methyl sites for hydroxylation is 1. The average Bonchev–Trinajstić information content (AvgIpc) is 4.20. The third kappa shape index (κ3) is 7.70. The molecule has 15 heteroatoms. The molecule has 0 saturated carbocycles. The number of fused-ring (bicyclic) bond motifs is 4. The van der Waals surface area contributed by atoms with E-state index in [1.807, 2.05) is 51.0 Å². The standard InChI is InChI=1S/C23H24N8.C23H25N7.C2H6/c1-14-24-13-20(30(14)2)17-11-15-18(12-25-17)28-29-21(15)23-26-16-7-6-8-19(22(16)27-23)31-9-4-3-5-10-31;1-2-11-30(12-3-1)20-6-4-5-17-22(20)27-23(26-17)21-16-13-18(15-7-9-24-10-8-15)25-14-19(16)28-29-21;1-2/h6-8,11-13H,3-5,9-10H2,1-2H3,(H,26,27)(H,28,29);4-7,13-14,24H,1-3,8-12H2,(H,26,27)(H,28,29);1-2H3. The quantitative estimate of drug-likeness (QED) is 0.109. The van der Waals surface area contributed by atoms with Crippen molar-refractivity contribution < 1.29 is 0 Å². The van der Waals surface area contributed by atoms with Crippen molar-refractivity contribution in [1.29, 1.82) is 0 Å². The Balaban J connectivity index is 0.000000144. The van der Waals surface area contributed by atoms with Gasteiger partial charge in [0.25, 0.3) is 0 Å². The van der Waals surface area contributed by atoms with Crippen LogP contribution in [-0.2, 0) is 7.05 Å². The fraction of sp³-hybridized carbons (Fsp3) is 0.354. The summed E-state index contributed by atoms with van der Waals surface area (Å²) in [5.41, 5.74) is 14.2. The Kier molecular flexibility index (Phi) is 11.2. The minimum absolute atomic E-state index is 0.768. The molecule has 5 N–H and O–H groups in total. The summed E-state index contributed by atoms with van der Waals surface area (Å²) in [5.74, 6) is 2.52. The lowest BCUT2D eigenvalue weighted by atomic mass is 10.0. The smallest absolute Gasteiger partial charge is 0.159 e. The van der Waals surface area contributed by atoms with E-state index in [-0.39, 0.29) is 0 Å². The van der Waals surface area contributed by atoms with Crippen molar-refractivity contribution in [2.24, 2.45) is 7.05 Å². The van der Waals surface area contributed by atoms with Gasteiger partial charge >= 0.3 is 0 Å². The zero-order chi connectivity index (χ0) is 42.9. The molecule has 2 fully saturated rings. The Morgan fingerprint density at radius 3 is 1.65 bits per heavy atom. The second kappa shape index (κ2) is 17.5. The molecule has 0 unspecified atom stereocenters. The van der Waals surface area contributed by atoms with Gasteiger partial charge in [0.15, 0.2) is 11.6 Å². The highest BCUT2D eigenvalue weighted by atomic mass is 15.2. The largest absolute Gasteiger partial charge is 0.370 e. The van der Waals surface area contributed by atoms with Crippen LogP contribution in [-0.4, -0.2) is 99.1 Å². The minimum Gasteiger partial charge on any atom is -0.370 e. The van der Waals surface area contributed by atoms with Crippen molar-refractivity contribution in [1.82, 2.24) is 65.2 Å². The number of piperidine rings is 2. The Morgan fingerprint density at radius 2 is 1.14 bits per heavy atom. The molecule has 3 aliphatic rings. The highest BCUT2D eigenvalue weighted by Crippen LogP contribution is 2.35. The van der Waals surface area contributed by atoms with Crippen LogP contribution >= 0.6 is 0 Å². The lowest BCUT2D eigenvalue weighted by molar-refractivity contribution is 0.579. The van der Waals surface area contributed by atoms with Gasteiger partial charge in [0, 0.05) is 50.5 Å². The lowest BCUT2D eigenvalue weighted by Gasteiger charge is -2.28. The molecule has 12 rings (SSSR count). The van der Waals surface area contributed by atoms with Crippen LogP contribution < -0.4 is 15.1 Å². The molecular weight excluding hydrogens is 787 g/mol. The third-order valence-electron chi connectivity index (χ3n) is 12.6. The Morgan fingerprint density at radius 1 is 0.603 bits per heavy atom. The van der Waals surface area contributed by atoms with Gasteiger partial charge in [-0.15, -0.1) is 0 Å². The van der Waals surface area contributed by atoms with E-state index in [2.05, 4.69) is 115 Å². The summed E-state index contributed by atoms with van der Waals surface area (Å²) in [6.07, 6.45) is 16.4. The number of nitrogens with one attached hydrogen (secondary N) is 5. The predicted molar refractivity (Wildman–Crippen MR) is 254 cm³/mol. The zero-order valence-corrected chi connectivity index (χ0v) is 36.6. The molecule has 0 aliphatic carbocycles. The normalized spacial score (nSPS) is 15.7. The first-order valence-corrected chi connectivity index (χ1v) is 22.6. The number of anilines is 2. The van der Waals surface area contributed by atoms with Gasteiger partial charge < -0.3 is 29.7 Å². The maximum absolute atomic E-state index is 5.00. The van der Waals surface area contributed by atoms with Crippen LogP contribution in [0.1, 0.15) is 70.3 Å². The van der Waals surface area contributed by atoms with E-state index in [1.54, 1.807) is 0 Å². The van der Waals surface area contributed by atoms with Crippen LogP contribution in [0.25, 0.3) is 83.9 Å². The first kappa shape index (κ1) is 40.2. The maximum Gasteiger partial charge on any atom is 0.159 e. The number of hydrogen-bond acceptors (Lipinski definition) is 10. The molecule has 0 radical (unpaired) electrons. The number of hydrogen-bond donors (Lipinski definition) is 5. The van der Waals surface area contributed by atoms with Crippen LogP contribution in [0.2, 0.25) is 0 Å². The van der Waals surface area contributed by atoms with E-state index < -0.39 is 0 Å². The van der Waals surface area contributed by atoms with Crippen LogP contribution in [0.15, 0.2) is 73.2 Å². The summed E-state index contributed by atoms with van der Waals surface area (Å²) < 4.78 is 2.04. The topological polar surface area (TPSA) is 177 Å². The lowest BCUT2D eigenvalue weighted by Crippen LogP contribution is -2.29. The average molecular weight is 842 g/mol. The summed E-state index contributed by atoms with van der Waals surface area (Å²) in [5, 5.41) is 20.8. The van der Waals surface area contributed by atoms with Crippen LogP contribution in [0.4, 0.5) is 11.4 Å². The van der Waals surface area contributed by atoms with E-state index in [1.165, 1.54) is 55.5 Å². The van der Waals surface area contributed by atoms with Gasteiger partial charge in [-0.1, -0.05) is 32.1 Å². The first-order valence-electron chi connectivity index (χ1n) is 22.6. The van der Waals surface area contributed by atoms with Crippen molar-refractivity contribution in [3.8, 4) is 34.4 Å². The molecule has 63 heavy (non-hydrogen) atoms. The molecule has 7 aromatic heterocycles. The Labute approximate surface area is 365 Å². The molecule has 9 aromatic rings. The highest BCUT2D eigenvalue weighted by molar-refractivity contribution is 5.98. The first-order chi connectivity index (χ1) is 31.1. The van der Waals surface area contributed by atoms with Crippen LogP contribution in [0.5, 0.6) is 0 Å². The molecule has 15 nitrogen and oxygen atoms in total. The monoisotopic (exact) mass is 841 g/mol. The SMILES string of the molecule is C1=C(c2cc3c(-c4nc5c(N6CCCCC6)cccc5[nH]4)n[nH]c3cn2)CCNC1.CC.Cc1ncc(-c2cc3c(-c4nc5c(N6CCCCC6)cccc5[nH]4)n[nH]c3cn2)n1C. The Bertz CT molecular complexity index is 3060. The molecule has 0 bridgehead atoms. The Hall–Kier alpha value is -6.87. The molecule has 0 atom stereocenters. The predicted octanol–water partition coefficient (Wildman–Crippen LogP) is 9.09. The summed E-state index contributed by atoms with van der Waals surface area (Å²) in [7, 11) is 2.00. The van der Waals surface area contributed by atoms with E-state index >= 15 is 0 Å². The van der Waals surface area contributed by atoms with Gasteiger partial charge in [0.1, 0.15) is 28.2 Å². The molecule has 322 valence electrons. The highest BCUT2D eigenvalue weighted by Gasteiger charge is 2.22. The number of benzene rings is 2. The number of nitrogens with zero attached hydrogens (tertiary/aromatic N) is 10. The molecule has 2 aromatic carbocycles. The van der Waals surface area contributed by atoms with E-state index in [0.29, 0.717) is 0 Å². The maximum atomic E-state index is 5.00. The van der Waals surface area contributed by atoms with Crippen molar-refractivity contribution in [3.05, 3.63) is 84.7 Å². The van der Waals surface area contributed by atoms with Gasteiger partial charge in [0.05, 0.1) is 69.1 Å². The number of imidazole rings is 3. The summed E-state index contributed by atoms with van der Waals surface area (Å²) in [6, 6.07) is 17.0. The van der Waals surface area contributed by atoms with Gasteiger partial charge in [-0.05, 0) is 100 Å². The summed E-state index contributed by atoms with van der Waals surface area (Å²) >= 11 is 0. The molecular formula is C48H55N15. The number of para-hydroxylation sites is 2. The second-order valence-corrected chi connectivity index (χ2v) is 16.4. The molecule has 3 aliphatic heterocycles. The van der Waals surface area contributed by atoms with Crippen LogP contribution in [0, 0.1) is 6.92 Å². The molecule has 0 amide bonds. The molecule has 10 heterocycles. The minimum atomic E-state index is 0.768. The number of aromatic amines is 4. The fourth-order valence-electron chi connectivity index (χ4n) is 9.14. The van der Waals surface area contributed by atoms with Crippen molar-refractivity contribution in [2.75, 3.05) is 49.1 Å². The second-order valence-electron chi connectivity index (χ2n) is 16.4. The van der Waals surface area contributed by atoms with Gasteiger partial charge in [-0.3, -0.25) is 20.2 Å². The van der Waals surface area contributed by atoms with Gasteiger partial charge in [-0.2, -0.15) is 10.2 Å². The fourth-order valence-corrected chi connectivity index (χ4v) is 9.14. The van der Waals surface area contributed by atoms with Crippen molar-refractivity contribution in [3.63, 3.8) is 0 Å². The third-order valence-corrected chi connectivity index (χ3v) is 12.6. The van der Waals surface area contributed by atoms with E-state index in [4.69, 9.17) is 9.97 Å². The summed E-state index contributed by atoms with van der Waals surface area (Å²) in [6.45, 7) is 12.3. The van der Waals surface area contributed by atoms with E-state index in [0.717, 1.165) is 136 Å². The number of aromatic nitrogens is 12. The number of H-pyrrole nitrogens is 4. The molecule has 2 saturated heterocycles. The van der Waals surface area contributed by atoms with Crippen LogP contribution in [0.3, 0.4) is 0 Å². The summed E-state index contributed by atoms with van der Waals surface area (Å²) in [4.78, 5) is 35.5. The number of pyridine rings is 2. The van der Waals surface area contributed by atoms with Gasteiger partial charge in [0.2, 0.25) is 0 Å². The van der Waals surface area contributed by atoms with E-state index in [9.17, 15) is 0 Å².